The quantitative estimate of drug-likeness (QED) is 0.656. The van der Waals surface area contributed by atoms with Crippen LogP contribution in [0.2, 0.25) is 0 Å². The molecule has 1 saturated heterocycles. The Labute approximate surface area is 165 Å². The van der Waals surface area contributed by atoms with Crippen molar-refractivity contribution in [2.45, 2.75) is 20.0 Å². The van der Waals surface area contributed by atoms with Gasteiger partial charge in [0, 0.05) is 32.7 Å². The molecule has 1 fully saturated rings. The minimum Gasteiger partial charge on any atom is -0.496 e. The first-order valence-electron chi connectivity index (χ1n) is 9.67. The van der Waals surface area contributed by atoms with Gasteiger partial charge in [-0.25, -0.2) is 0 Å². The maximum absolute atomic E-state index is 5.49. The van der Waals surface area contributed by atoms with Gasteiger partial charge in [0.15, 0.2) is 0 Å². The number of methoxy groups -OCH3 is 1. The lowest BCUT2D eigenvalue weighted by Gasteiger charge is -2.33. The van der Waals surface area contributed by atoms with Gasteiger partial charge < -0.3 is 9.26 Å². The summed E-state index contributed by atoms with van der Waals surface area (Å²) in [6.45, 7) is 7.92. The summed E-state index contributed by atoms with van der Waals surface area (Å²) < 4.78 is 10.9. The van der Waals surface area contributed by atoms with Crippen molar-refractivity contribution in [1.82, 2.24) is 19.9 Å². The van der Waals surface area contributed by atoms with Crippen LogP contribution in [0.4, 0.5) is 0 Å². The molecular formula is C22H26N4O2. The molecule has 2 aromatic carbocycles. The number of piperazine rings is 1. The average molecular weight is 378 g/mol. The lowest BCUT2D eigenvalue weighted by molar-refractivity contribution is 0.112. The normalized spacial score (nSPS) is 15.6. The van der Waals surface area contributed by atoms with E-state index in [9.17, 15) is 0 Å². The van der Waals surface area contributed by atoms with Crippen molar-refractivity contribution >= 4 is 0 Å². The number of para-hydroxylation sites is 1. The van der Waals surface area contributed by atoms with E-state index >= 15 is 0 Å². The molecule has 0 aliphatic carbocycles. The number of hydrogen-bond acceptors (Lipinski definition) is 6. The van der Waals surface area contributed by atoms with Crippen LogP contribution in [-0.2, 0) is 13.1 Å². The van der Waals surface area contributed by atoms with Gasteiger partial charge in [0.25, 0.3) is 0 Å². The zero-order chi connectivity index (χ0) is 19.3. The summed E-state index contributed by atoms with van der Waals surface area (Å²) in [6, 6.07) is 16.5. The molecule has 6 heteroatoms. The molecule has 3 aromatic rings. The second-order valence-corrected chi connectivity index (χ2v) is 7.25. The predicted molar refractivity (Wildman–Crippen MR) is 108 cm³/mol. The summed E-state index contributed by atoms with van der Waals surface area (Å²) in [6.07, 6.45) is 0. The van der Waals surface area contributed by atoms with Gasteiger partial charge >= 0.3 is 0 Å². The topological polar surface area (TPSA) is 54.6 Å². The number of rotatable bonds is 6. The number of nitrogens with zero attached hydrogens (tertiary/aromatic N) is 4. The molecular weight excluding hydrogens is 352 g/mol. The van der Waals surface area contributed by atoms with Crippen LogP contribution >= 0.6 is 0 Å². The smallest absolute Gasteiger partial charge is 0.241 e. The maximum Gasteiger partial charge on any atom is 0.241 e. The van der Waals surface area contributed by atoms with Gasteiger partial charge in [-0.15, -0.1) is 0 Å². The Morgan fingerprint density at radius 2 is 1.71 bits per heavy atom. The molecule has 0 radical (unpaired) electrons. The molecule has 0 spiro atoms. The predicted octanol–water partition coefficient (Wildman–Crippen LogP) is 3.37. The SMILES string of the molecule is COc1ccccc1-c1noc(CN2CCN(Cc3cccc(C)c3)CC2)n1. The number of aryl methyl sites for hydroxylation is 1. The van der Waals surface area contributed by atoms with Gasteiger partial charge in [-0.3, -0.25) is 9.80 Å². The van der Waals surface area contributed by atoms with E-state index in [1.807, 2.05) is 24.3 Å². The minimum absolute atomic E-state index is 0.575. The molecule has 0 saturated carbocycles. The summed E-state index contributed by atoms with van der Waals surface area (Å²) in [5.74, 6) is 1.97. The maximum atomic E-state index is 5.49. The van der Waals surface area contributed by atoms with Crippen LogP contribution in [0.1, 0.15) is 17.0 Å². The highest BCUT2D eigenvalue weighted by molar-refractivity contribution is 5.63. The molecule has 0 amide bonds. The highest BCUT2D eigenvalue weighted by Crippen LogP contribution is 2.27. The minimum atomic E-state index is 0.575. The highest BCUT2D eigenvalue weighted by Gasteiger charge is 2.20. The molecule has 0 unspecified atom stereocenters. The Morgan fingerprint density at radius 1 is 0.964 bits per heavy atom. The van der Waals surface area contributed by atoms with E-state index in [1.54, 1.807) is 7.11 Å². The highest BCUT2D eigenvalue weighted by atomic mass is 16.5. The van der Waals surface area contributed by atoms with Crippen molar-refractivity contribution in [3.63, 3.8) is 0 Å². The fourth-order valence-electron chi connectivity index (χ4n) is 3.62. The summed E-state index contributed by atoms with van der Waals surface area (Å²) in [5, 5.41) is 4.14. The molecule has 0 bridgehead atoms. The number of benzene rings is 2. The monoisotopic (exact) mass is 378 g/mol. The van der Waals surface area contributed by atoms with Gasteiger partial charge in [0.2, 0.25) is 11.7 Å². The van der Waals surface area contributed by atoms with Gasteiger partial charge in [0.1, 0.15) is 5.75 Å². The van der Waals surface area contributed by atoms with E-state index in [4.69, 9.17) is 9.26 Å². The summed E-state index contributed by atoms with van der Waals surface area (Å²) in [5.41, 5.74) is 3.55. The fraction of sp³-hybridized carbons (Fsp3) is 0.364. The molecule has 1 aliphatic heterocycles. The average Bonchev–Trinajstić information content (AvgIpc) is 3.18. The van der Waals surface area contributed by atoms with Crippen molar-refractivity contribution < 1.29 is 9.26 Å². The Bertz CT molecular complexity index is 916. The van der Waals surface area contributed by atoms with Crippen LogP contribution in [-0.4, -0.2) is 53.2 Å². The van der Waals surface area contributed by atoms with Crippen molar-refractivity contribution in [3.8, 4) is 17.1 Å². The van der Waals surface area contributed by atoms with Gasteiger partial charge in [-0.2, -0.15) is 4.98 Å². The van der Waals surface area contributed by atoms with Crippen molar-refractivity contribution in [1.29, 1.82) is 0 Å². The fourth-order valence-corrected chi connectivity index (χ4v) is 3.62. The third kappa shape index (κ3) is 4.40. The molecule has 2 heterocycles. The van der Waals surface area contributed by atoms with Crippen LogP contribution < -0.4 is 4.74 Å². The molecule has 28 heavy (non-hydrogen) atoms. The van der Waals surface area contributed by atoms with Crippen LogP contribution in [0.3, 0.4) is 0 Å². The lowest BCUT2D eigenvalue weighted by atomic mass is 10.1. The Morgan fingerprint density at radius 3 is 2.46 bits per heavy atom. The van der Waals surface area contributed by atoms with Crippen LogP contribution in [0.25, 0.3) is 11.4 Å². The lowest BCUT2D eigenvalue weighted by Crippen LogP contribution is -2.45. The first-order valence-corrected chi connectivity index (χ1v) is 9.67. The second-order valence-electron chi connectivity index (χ2n) is 7.25. The van der Waals surface area contributed by atoms with Crippen LogP contribution in [0.15, 0.2) is 53.1 Å². The van der Waals surface area contributed by atoms with E-state index in [0.717, 1.165) is 44.0 Å². The number of ether oxygens (including phenoxy) is 1. The van der Waals surface area contributed by atoms with E-state index in [-0.39, 0.29) is 0 Å². The van der Waals surface area contributed by atoms with Crippen molar-refractivity contribution in [2.75, 3.05) is 33.3 Å². The van der Waals surface area contributed by atoms with E-state index in [2.05, 4.69) is 51.1 Å². The van der Waals surface area contributed by atoms with Crippen molar-refractivity contribution in [2.24, 2.45) is 0 Å². The molecule has 0 N–H and O–H groups in total. The molecule has 1 aromatic heterocycles. The Hall–Kier alpha value is -2.70. The third-order valence-corrected chi connectivity index (χ3v) is 5.13. The van der Waals surface area contributed by atoms with Gasteiger partial charge in [0.05, 0.1) is 19.2 Å². The van der Waals surface area contributed by atoms with Crippen molar-refractivity contribution in [3.05, 3.63) is 65.5 Å². The first kappa shape index (κ1) is 18.7. The molecule has 0 atom stereocenters. The number of aromatic nitrogens is 2. The number of hydrogen-bond donors (Lipinski definition) is 0. The first-order chi connectivity index (χ1) is 13.7. The molecule has 1 aliphatic rings. The third-order valence-electron chi connectivity index (χ3n) is 5.13. The second kappa shape index (κ2) is 8.54. The standard InChI is InChI=1S/C22H26N4O2/c1-17-6-5-7-18(14-17)15-25-10-12-26(13-11-25)16-21-23-22(24-28-21)19-8-3-4-9-20(19)27-2/h3-9,14H,10-13,15-16H2,1-2H3. The van der Waals surface area contributed by atoms with Gasteiger partial charge in [-0.1, -0.05) is 47.1 Å². The summed E-state index contributed by atoms with van der Waals surface area (Å²) in [7, 11) is 1.65. The van der Waals surface area contributed by atoms with Crippen LogP contribution in [0.5, 0.6) is 5.75 Å². The zero-order valence-corrected chi connectivity index (χ0v) is 16.5. The Balaban J connectivity index is 1.32. The van der Waals surface area contributed by atoms with E-state index in [1.165, 1.54) is 11.1 Å². The van der Waals surface area contributed by atoms with E-state index < -0.39 is 0 Å². The van der Waals surface area contributed by atoms with E-state index in [0.29, 0.717) is 18.3 Å². The van der Waals surface area contributed by atoms with Crippen LogP contribution in [0, 0.1) is 6.92 Å². The van der Waals surface area contributed by atoms with Gasteiger partial charge in [-0.05, 0) is 24.6 Å². The summed E-state index contributed by atoms with van der Waals surface area (Å²) >= 11 is 0. The molecule has 146 valence electrons. The largest absolute Gasteiger partial charge is 0.496 e. The molecule has 6 nitrogen and oxygen atoms in total. The molecule has 4 rings (SSSR count). The zero-order valence-electron chi connectivity index (χ0n) is 16.5. The summed E-state index contributed by atoms with van der Waals surface area (Å²) in [4.78, 5) is 9.43. The Kier molecular flexibility index (Phi) is 5.69.